The van der Waals surface area contributed by atoms with Gasteiger partial charge in [0.2, 0.25) is 5.82 Å². The number of nitrogens with zero attached hydrogens (tertiary/aromatic N) is 3. The molecule has 0 saturated carbocycles. The zero-order chi connectivity index (χ0) is 12.3. The van der Waals surface area contributed by atoms with Crippen LogP contribution in [0, 0.1) is 11.3 Å². The first-order valence-electron chi connectivity index (χ1n) is 4.81. The standard InChI is InChI=1S/C12H8ClN3O/c1-17-11-3-2-8(13)6-9(11)10-4-5-15-12(7-14)16-10/h2-6H,1H3. The van der Waals surface area contributed by atoms with E-state index in [1.807, 2.05) is 6.07 Å². The molecule has 0 fully saturated rings. The van der Waals surface area contributed by atoms with E-state index >= 15 is 0 Å². The molecule has 1 heterocycles. The van der Waals surface area contributed by atoms with E-state index in [4.69, 9.17) is 21.6 Å². The molecule has 0 unspecified atom stereocenters. The number of hydrogen-bond acceptors (Lipinski definition) is 4. The maximum atomic E-state index is 8.76. The number of nitriles is 1. The molecule has 1 aromatic heterocycles. The Labute approximate surface area is 103 Å². The van der Waals surface area contributed by atoms with Gasteiger partial charge in [0.05, 0.1) is 12.8 Å². The van der Waals surface area contributed by atoms with Gasteiger partial charge in [-0.25, -0.2) is 9.97 Å². The van der Waals surface area contributed by atoms with Gasteiger partial charge in [-0.05, 0) is 24.3 Å². The van der Waals surface area contributed by atoms with Crippen LogP contribution in [0.2, 0.25) is 5.02 Å². The molecular formula is C12H8ClN3O. The van der Waals surface area contributed by atoms with Gasteiger partial charge in [0.1, 0.15) is 11.8 Å². The topological polar surface area (TPSA) is 58.8 Å². The Bertz CT molecular complexity index is 593. The molecule has 2 aromatic rings. The first-order valence-corrected chi connectivity index (χ1v) is 5.19. The second-order valence-corrected chi connectivity index (χ2v) is 3.66. The summed E-state index contributed by atoms with van der Waals surface area (Å²) in [4.78, 5) is 7.92. The lowest BCUT2D eigenvalue weighted by Crippen LogP contribution is -1.93. The Balaban J connectivity index is 2.59. The SMILES string of the molecule is COc1ccc(Cl)cc1-c1ccnc(C#N)n1. The number of ether oxygens (including phenoxy) is 1. The lowest BCUT2D eigenvalue weighted by atomic mass is 10.1. The summed E-state index contributed by atoms with van der Waals surface area (Å²) in [5.74, 6) is 0.765. The Morgan fingerprint density at radius 1 is 1.35 bits per heavy atom. The number of benzene rings is 1. The van der Waals surface area contributed by atoms with E-state index < -0.39 is 0 Å². The Morgan fingerprint density at radius 2 is 2.18 bits per heavy atom. The normalized spacial score (nSPS) is 9.71. The highest BCUT2D eigenvalue weighted by Crippen LogP contribution is 2.30. The van der Waals surface area contributed by atoms with Crippen LogP contribution in [0.15, 0.2) is 30.5 Å². The Hall–Kier alpha value is -2.12. The fourth-order valence-corrected chi connectivity index (χ4v) is 1.62. The van der Waals surface area contributed by atoms with Crippen LogP contribution in [0.1, 0.15) is 5.82 Å². The van der Waals surface area contributed by atoms with E-state index in [0.29, 0.717) is 16.5 Å². The molecule has 0 spiro atoms. The number of rotatable bonds is 2. The van der Waals surface area contributed by atoms with E-state index in [-0.39, 0.29) is 5.82 Å². The van der Waals surface area contributed by atoms with Gasteiger partial charge in [-0.15, -0.1) is 0 Å². The minimum Gasteiger partial charge on any atom is -0.496 e. The highest BCUT2D eigenvalue weighted by atomic mass is 35.5. The highest BCUT2D eigenvalue weighted by Gasteiger charge is 2.08. The van der Waals surface area contributed by atoms with Gasteiger partial charge >= 0.3 is 0 Å². The van der Waals surface area contributed by atoms with E-state index in [1.54, 1.807) is 31.4 Å². The molecule has 1 aromatic carbocycles. The number of methoxy groups -OCH3 is 1. The van der Waals surface area contributed by atoms with Crippen LogP contribution in [0.25, 0.3) is 11.3 Å². The minimum absolute atomic E-state index is 0.115. The van der Waals surface area contributed by atoms with E-state index in [2.05, 4.69) is 9.97 Å². The molecule has 0 aliphatic rings. The van der Waals surface area contributed by atoms with Crippen molar-refractivity contribution in [1.29, 1.82) is 5.26 Å². The number of hydrogen-bond donors (Lipinski definition) is 0. The molecule has 4 nitrogen and oxygen atoms in total. The third-order valence-corrected chi connectivity index (χ3v) is 2.43. The van der Waals surface area contributed by atoms with Gasteiger partial charge < -0.3 is 4.74 Å². The summed E-state index contributed by atoms with van der Waals surface area (Å²) in [5.41, 5.74) is 1.34. The second kappa shape index (κ2) is 4.81. The zero-order valence-electron chi connectivity index (χ0n) is 9.01. The summed E-state index contributed by atoms with van der Waals surface area (Å²) in [6, 6.07) is 8.82. The van der Waals surface area contributed by atoms with E-state index in [9.17, 15) is 0 Å². The maximum absolute atomic E-state index is 8.76. The first kappa shape index (κ1) is 11.4. The summed E-state index contributed by atoms with van der Waals surface area (Å²) < 4.78 is 5.23. The van der Waals surface area contributed by atoms with Gasteiger partial charge in [-0.1, -0.05) is 11.6 Å². The van der Waals surface area contributed by atoms with Gasteiger partial charge in [0.25, 0.3) is 0 Å². The molecule has 84 valence electrons. The summed E-state index contributed by atoms with van der Waals surface area (Å²) in [6.45, 7) is 0. The van der Waals surface area contributed by atoms with Gasteiger partial charge in [-0.3, -0.25) is 0 Å². The molecule has 0 aliphatic carbocycles. The zero-order valence-corrected chi connectivity index (χ0v) is 9.77. The summed E-state index contributed by atoms with van der Waals surface area (Å²) in [5, 5.41) is 9.34. The molecule has 0 bridgehead atoms. The molecule has 0 saturated heterocycles. The van der Waals surface area contributed by atoms with E-state index in [0.717, 1.165) is 5.56 Å². The van der Waals surface area contributed by atoms with Crippen LogP contribution in [-0.2, 0) is 0 Å². The van der Waals surface area contributed by atoms with Crippen molar-refractivity contribution in [3.05, 3.63) is 41.3 Å². The molecule has 0 amide bonds. The third-order valence-electron chi connectivity index (χ3n) is 2.19. The lowest BCUT2D eigenvalue weighted by molar-refractivity contribution is 0.416. The summed E-state index contributed by atoms with van der Waals surface area (Å²) in [7, 11) is 1.57. The van der Waals surface area contributed by atoms with E-state index in [1.165, 1.54) is 6.20 Å². The second-order valence-electron chi connectivity index (χ2n) is 3.22. The minimum atomic E-state index is 0.115. The molecule has 17 heavy (non-hydrogen) atoms. The predicted octanol–water partition coefficient (Wildman–Crippen LogP) is 2.68. The summed E-state index contributed by atoms with van der Waals surface area (Å²) >= 11 is 5.93. The molecular weight excluding hydrogens is 238 g/mol. The average Bonchev–Trinajstić information content (AvgIpc) is 2.39. The predicted molar refractivity (Wildman–Crippen MR) is 63.7 cm³/mol. The smallest absolute Gasteiger partial charge is 0.232 e. The van der Waals surface area contributed by atoms with Crippen molar-refractivity contribution in [3.63, 3.8) is 0 Å². The van der Waals surface area contributed by atoms with Crippen LogP contribution in [0.3, 0.4) is 0 Å². The van der Waals surface area contributed by atoms with Crippen LogP contribution >= 0.6 is 11.6 Å². The highest BCUT2D eigenvalue weighted by molar-refractivity contribution is 6.30. The fourth-order valence-electron chi connectivity index (χ4n) is 1.44. The average molecular weight is 246 g/mol. The molecule has 0 radical (unpaired) electrons. The van der Waals surface area contributed by atoms with Crippen LogP contribution in [0.5, 0.6) is 5.75 Å². The van der Waals surface area contributed by atoms with Crippen LogP contribution in [-0.4, -0.2) is 17.1 Å². The van der Waals surface area contributed by atoms with Gasteiger partial charge in [-0.2, -0.15) is 5.26 Å². The lowest BCUT2D eigenvalue weighted by Gasteiger charge is -2.08. The molecule has 2 rings (SSSR count). The van der Waals surface area contributed by atoms with Crippen LogP contribution < -0.4 is 4.74 Å². The quantitative estimate of drug-likeness (QED) is 0.816. The first-order chi connectivity index (χ1) is 8.24. The number of halogens is 1. The largest absolute Gasteiger partial charge is 0.496 e. The third kappa shape index (κ3) is 2.35. The maximum Gasteiger partial charge on any atom is 0.232 e. The molecule has 0 aliphatic heterocycles. The van der Waals surface area contributed by atoms with Gasteiger partial charge in [0, 0.05) is 16.8 Å². The molecule has 5 heteroatoms. The van der Waals surface area contributed by atoms with Crippen molar-refractivity contribution in [2.75, 3.05) is 7.11 Å². The van der Waals surface area contributed by atoms with Crippen molar-refractivity contribution >= 4 is 11.6 Å². The van der Waals surface area contributed by atoms with Crippen LogP contribution in [0.4, 0.5) is 0 Å². The van der Waals surface area contributed by atoms with Crippen molar-refractivity contribution < 1.29 is 4.74 Å². The Morgan fingerprint density at radius 3 is 2.88 bits per heavy atom. The van der Waals surface area contributed by atoms with Gasteiger partial charge in [0.15, 0.2) is 0 Å². The fraction of sp³-hybridized carbons (Fsp3) is 0.0833. The monoisotopic (exact) mass is 245 g/mol. The van der Waals surface area contributed by atoms with Crippen molar-refractivity contribution in [1.82, 2.24) is 9.97 Å². The van der Waals surface area contributed by atoms with Crippen molar-refractivity contribution in [3.8, 4) is 23.1 Å². The summed E-state index contributed by atoms with van der Waals surface area (Å²) in [6.07, 6.45) is 1.53. The number of aromatic nitrogens is 2. The van der Waals surface area contributed by atoms with Crippen molar-refractivity contribution in [2.45, 2.75) is 0 Å². The Kier molecular flexibility index (Phi) is 3.22. The van der Waals surface area contributed by atoms with Crippen molar-refractivity contribution in [2.24, 2.45) is 0 Å². The molecule has 0 atom stereocenters. The molecule has 0 N–H and O–H groups in total.